The van der Waals surface area contributed by atoms with E-state index in [1.54, 1.807) is 24.3 Å². The van der Waals surface area contributed by atoms with Gasteiger partial charge in [-0.15, -0.1) is 0 Å². The summed E-state index contributed by atoms with van der Waals surface area (Å²) >= 11 is 0. The van der Waals surface area contributed by atoms with Gasteiger partial charge in [0.05, 0.1) is 25.2 Å². The Balaban J connectivity index is 1.73. The molecule has 13 heteroatoms. The van der Waals surface area contributed by atoms with Crippen molar-refractivity contribution in [2.24, 2.45) is 0 Å². The molecule has 35 heavy (non-hydrogen) atoms. The first-order valence-electron chi connectivity index (χ1n) is 11.1. The maximum absolute atomic E-state index is 11.4. The molecule has 2 aliphatic heterocycles. The highest BCUT2D eigenvalue weighted by Gasteiger charge is 2.51. The van der Waals surface area contributed by atoms with Crippen LogP contribution in [0.1, 0.15) is 11.8 Å². The van der Waals surface area contributed by atoms with E-state index in [1.165, 1.54) is 10.8 Å². The Bertz CT molecular complexity index is 1030. The molecular formula is C22H29NO12. The highest BCUT2D eigenvalue weighted by molar-refractivity contribution is 5.87. The average Bonchev–Trinajstić information content (AvgIpc) is 3.20. The highest BCUT2D eigenvalue weighted by Crippen LogP contribution is 2.37. The van der Waals surface area contributed by atoms with Crippen molar-refractivity contribution in [2.75, 3.05) is 13.2 Å². The topological polar surface area (TPSA) is 212 Å². The van der Waals surface area contributed by atoms with Crippen LogP contribution in [0, 0.1) is 0 Å². The van der Waals surface area contributed by atoms with Crippen molar-refractivity contribution >= 4 is 16.9 Å². The lowest BCUT2D eigenvalue weighted by atomic mass is 9.96. The lowest BCUT2D eigenvalue weighted by Crippen LogP contribution is -2.63. The summed E-state index contributed by atoms with van der Waals surface area (Å²) in [6, 6.07) is 6.81. The Kier molecular flexibility index (Phi) is 7.73. The number of rotatable bonds is 7. The maximum atomic E-state index is 11.4. The van der Waals surface area contributed by atoms with Gasteiger partial charge in [0.15, 0.2) is 12.5 Å². The second-order valence-electron chi connectivity index (χ2n) is 8.68. The molecular weight excluding hydrogens is 470 g/mol. The van der Waals surface area contributed by atoms with E-state index in [1.807, 2.05) is 0 Å². The minimum absolute atomic E-state index is 0.312. The Hall–Kier alpha value is -2.17. The number of hydrogen-bond donors (Lipinski definition) is 8. The number of para-hydroxylation sites is 1. The van der Waals surface area contributed by atoms with Gasteiger partial charge in [0.2, 0.25) is 0 Å². The number of aliphatic carboxylic acids is 1. The summed E-state index contributed by atoms with van der Waals surface area (Å²) in [5, 5.41) is 80.9. The summed E-state index contributed by atoms with van der Waals surface area (Å²) in [5.41, 5.74) is 0.945. The number of carbonyl (C=O) groups is 1. The molecule has 1 aromatic carbocycles. The minimum Gasteiger partial charge on any atom is -0.481 e. The van der Waals surface area contributed by atoms with Crippen LogP contribution in [0.3, 0.4) is 0 Å². The fourth-order valence-electron chi connectivity index (χ4n) is 4.57. The lowest BCUT2D eigenvalue weighted by Gasteiger charge is -2.46. The first-order chi connectivity index (χ1) is 16.7. The first kappa shape index (κ1) is 25.9. The number of carboxylic acids is 1. The molecule has 0 aliphatic carbocycles. The molecule has 2 aliphatic rings. The Morgan fingerprint density at radius 1 is 0.886 bits per heavy atom. The molecule has 1 aromatic heterocycles. The maximum Gasteiger partial charge on any atom is 0.307 e. The van der Waals surface area contributed by atoms with Crippen molar-refractivity contribution in [3.05, 3.63) is 36.0 Å². The van der Waals surface area contributed by atoms with E-state index >= 15 is 0 Å². The molecule has 10 atom stereocenters. The third kappa shape index (κ3) is 4.80. The van der Waals surface area contributed by atoms with Gasteiger partial charge in [0, 0.05) is 11.6 Å². The molecule has 2 saturated heterocycles. The van der Waals surface area contributed by atoms with E-state index in [2.05, 4.69) is 0 Å². The summed E-state index contributed by atoms with van der Waals surface area (Å²) in [6.07, 6.45) is -14.1. The zero-order chi connectivity index (χ0) is 25.4. The summed E-state index contributed by atoms with van der Waals surface area (Å²) in [7, 11) is 0. The molecule has 3 heterocycles. The summed E-state index contributed by atoms with van der Waals surface area (Å²) in [4.78, 5) is 11.4. The lowest BCUT2D eigenvalue weighted by molar-refractivity contribution is -0.348. The summed E-state index contributed by atoms with van der Waals surface area (Å²) < 4.78 is 18.5. The van der Waals surface area contributed by atoms with Gasteiger partial charge in [-0.2, -0.15) is 0 Å². The molecule has 2 aromatic rings. The molecule has 0 saturated carbocycles. The molecule has 13 nitrogen and oxygen atoms in total. The molecule has 0 radical (unpaired) electrons. The molecule has 4 rings (SSSR count). The van der Waals surface area contributed by atoms with Crippen LogP contribution in [0.25, 0.3) is 10.9 Å². The molecule has 0 spiro atoms. The van der Waals surface area contributed by atoms with Gasteiger partial charge >= 0.3 is 5.97 Å². The van der Waals surface area contributed by atoms with Gasteiger partial charge < -0.3 is 59.6 Å². The molecule has 8 N–H and O–H groups in total. The fourth-order valence-corrected chi connectivity index (χ4v) is 4.57. The number of aromatic nitrogens is 1. The van der Waals surface area contributed by atoms with E-state index in [9.17, 15) is 45.6 Å². The summed E-state index contributed by atoms with van der Waals surface area (Å²) in [6.45, 7) is -1.35. The van der Waals surface area contributed by atoms with Crippen molar-refractivity contribution in [2.45, 2.75) is 67.8 Å². The fraction of sp³-hybridized carbons (Fsp3) is 0.591. The number of benzene rings is 1. The van der Waals surface area contributed by atoms with Crippen LogP contribution in [-0.2, 0) is 25.4 Å². The predicted octanol–water partition coefficient (Wildman–Crippen LogP) is -2.93. The Morgan fingerprint density at radius 2 is 1.51 bits per heavy atom. The molecule has 2 fully saturated rings. The largest absolute Gasteiger partial charge is 0.481 e. The van der Waals surface area contributed by atoms with Gasteiger partial charge in [-0.25, -0.2) is 0 Å². The van der Waals surface area contributed by atoms with Crippen LogP contribution < -0.4 is 0 Å². The van der Waals surface area contributed by atoms with E-state index < -0.39 is 80.5 Å². The Labute approximate surface area is 198 Å². The van der Waals surface area contributed by atoms with Crippen molar-refractivity contribution in [3.8, 4) is 0 Å². The molecule has 0 unspecified atom stereocenters. The number of fused-ring (bicyclic) bond motifs is 1. The smallest absolute Gasteiger partial charge is 0.307 e. The SMILES string of the molecule is O=C(O)Cc1cn([C@@H]2O[C@H](CO)[C@@H](O)[C@H](O)[C@H]2O[C@@H]2O[C@H](CO)[C@@H](O)[C@H](O)[C@H]2O)c2ccccc12. The van der Waals surface area contributed by atoms with Crippen LogP contribution >= 0.6 is 0 Å². The highest BCUT2D eigenvalue weighted by atomic mass is 16.7. The Morgan fingerprint density at radius 3 is 2.17 bits per heavy atom. The number of carboxylic acid groups (broad SMARTS) is 1. The predicted molar refractivity (Wildman–Crippen MR) is 115 cm³/mol. The van der Waals surface area contributed by atoms with E-state index in [4.69, 9.17) is 14.2 Å². The standard InChI is InChI=1S/C22H29NO12/c24-7-12-16(29)18(31)20(35-22-19(32)17(30)15(28)13(8-25)34-22)21(33-12)23-6-9(5-14(26)27)10-3-1-2-4-11(10)23/h1-4,6,12-13,15-22,24-25,28-32H,5,7-8H2,(H,26,27)/t12-,13-,15-,16-,17+,18+,19-,20-,21-,22+/m1/s1. The van der Waals surface area contributed by atoms with E-state index in [0.717, 1.165) is 0 Å². The van der Waals surface area contributed by atoms with Crippen LogP contribution in [-0.4, -0.2) is 120 Å². The van der Waals surface area contributed by atoms with Gasteiger partial charge in [0.25, 0.3) is 0 Å². The number of nitrogens with zero attached hydrogens (tertiary/aromatic N) is 1. The van der Waals surface area contributed by atoms with Gasteiger partial charge in [0.1, 0.15) is 48.8 Å². The number of ether oxygens (including phenoxy) is 3. The molecule has 0 bridgehead atoms. The second kappa shape index (κ2) is 10.4. The zero-order valence-corrected chi connectivity index (χ0v) is 18.4. The number of aliphatic hydroxyl groups is 7. The normalized spacial score (nSPS) is 38.0. The van der Waals surface area contributed by atoms with Crippen molar-refractivity contribution < 1.29 is 59.9 Å². The van der Waals surface area contributed by atoms with E-state index in [-0.39, 0.29) is 6.42 Å². The first-order valence-corrected chi connectivity index (χ1v) is 11.1. The second-order valence-corrected chi connectivity index (χ2v) is 8.68. The van der Waals surface area contributed by atoms with E-state index in [0.29, 0.717) is 16.5 Å². The van der Waals surface area contributed by atoms with Gasteiger partial charge in [-0.1, -0.05) is 18.2 Å². The third-order valence-corrected chi connectivity index (χ3v) is 6.42. The monoisotopic (exact) mass is 499 g/mol. The van der Waals surface area contributed by atoms with Gasteiger partial charge in [-0.05, 0) is 11.6 Å². The van der Waals surface area contributed by atoms with Crippen LogP contribution in [0.2, 0.25) is 0 Å². The quantitative estimate of drug-likeness (QED) is 0.192. The van der Waals surface area contributed by atoms with Crippen molar-refractivity contribution in [1.82, 2.24) is 4.57 Å². The average molecular weight is 499 g/mol. The van der Waals surface area contributed by atoms with Crippen molar-refractivity contribution in [1.29, 1.82) is 0 Å². The molecule has 0 amide bonds. The number of hydrogen-bond acceptors (Lipinski definition) is 11. The minimum atomic E-state index is -1.78. The van der Waals surface area contributed by atoms with Crippen LogP contribution in [0.4, 0.5) is 0 Å². The third-order valence-electron chi connectivity index (χ3n) is 6.42. The van der Waals surface area contributed by atoms with Gasteiger partial charge in [-0.3, -0.25) is 4.79 Å². The van der Waals surface area contributed by atoms with Crippen molar-refractivity contribution in [3.63, 3.8) is 0 Å². The van der Waals surface area contributed by atoms with Crippen LogP contribution in [0.15, 0.2) is 30.5 Å². The zero-order valence-electron chi connectivity index (χ0n) is 18.4. The number of aliphatic hydroxyl groups excluding tert-OH is 7. The molecule has 194 valence electrons. The van der Waals surface area contributed by atoms with Crippen LogP contribution in [0.5, 0.6) is 0 Å². The summed E-state index contributed by atoms with van der Waals surface area (Å²) in [5.74, 6) is -1.07.